The second-order valence-corrected chi connectivity index (χ2v) is 7.57. The van der Waals surface area contributed by atoms with E-state index in [1.165, 1.54) is 27.8 Å². The van der Waals surface area contributed by atoms with Crippen molar-refractivity contribution in [2.45, 2.75) is 53.4 Å². The SMILES string of the molecule is Cc1cc(-c2ccc(CC(C)C)cc2)ccc1C(C)(C)C. The molecule has 0 N–H and O–H groups in total. The Balaban J connectivity index is 2.28. The maximum atomic E-state index is 2.32. The molecular formula is C21H28. The zero-order valence-electron chi connectivity index (χ0n) is 14.3. The van der Waals surface area contributed by atoms with E-state index in [-0.39, 0.29) is 5.41 Å². The summed E-state index contributed by atoms with van der Waals surface area (Å²) in [7, 11) is 0. The molecule has 0 atom stereocenters. The molecule has 0 saturated heterocycles. The highest BCUT2D eigenvalue weighted by atomic mass is 14.2. The maximum absolute atomic E-state index is 2.32. The number of aryl methyl sites for hydroxylation is 1. The molecule has 0 heterocycles. The van der Waals surface area contributed by atoms with Gasteiger partial charge in [-0.25, -0.2) is 0 Å². The van der Waals surface area contributed by atoms with Crippen LogP contribution in [0, 0.1) is 12.8 Å². The van der Waals surface area contributed by atoms with Crippen molar-refractivity contribution in [3.63, 3.8) is 0 Å². The summed E-state index contributed by atoms with van der Waals surface area (Å²) < 4.78 is 0. The fraction of sp³-hybridized carbons (Fsp3) is 0.429. The first-order valence-corrected chi connectivity index (χ1v) is 7.98. The molecule has 0 aliphatic rings. The summed E-state index contributed by atoms with van der Waals surface area (Å²) in [6, 6.07) is 15.9. The fourth-order valence-electron chi connectivity index (χ4n) is 2.99. The third kappa shape index (κ3) is 3.97. The lowest BCUT2D eigenvalue weighted by atomic mass is 9.83. The highest BCUT2D eigenvalue weighted by molar-refractivity contribution is 5.65. The Kier molecular flexibility index (Phi) is 4.56. The van der Waals surface area contributed by atoms with Gasteiger partial charge in [-0.2, -0.15) is 0 Å². The Morgan fingerprint density at radius 1 is 0.857 bits per heavy atom. The van der Waals surface area contributed by atoms with Crippen LogP contribution < -0.4 is 0 Å². The summed E-state index contributed by atoms with van der Waals surface area (Å²) in [5.41, 5.74) is 7.08. The van der Waals surface area contributed by atoms with Crippen LogP contribution in [0.3, 0.4) is 0 Å². The monoisotopic (exact) mass is 280 g/mol. The smallest absolute Gasteiger partial charge is 0.0129 e. The van der Waals surface area contributed by atoms with Gasteiger partial charge >= 0.3 is 0 Å². The molecule has 0 nitrogen and oxygen atoms in total. The van der Waals surface area contributed by atoms with Crippen molar-refractivity contribution >= 4 is 0 Å². The first-order chi connectivity index (χ1) is 9.77. The predicted octanol–water partition coefficient (Wildman–Crippen LogP) is 6.16. The minimum Gasteiger partial charge on any atom is -0.0625 e. The Labute approximate surface area is 130 Å². The standard InChI is InChI=1S/C21H28/c1-15(2)13-17-7-9-18(10-8-17)19-11-12-20(16(3)14-19)21(4,5)6/h7-12,14-15H,13H2,1-6H3. The summed E-state index contributed by atoms with van der Waals surface area (Å²) >= 11 is 0. The van der Waals surface area contributed by atoms with Crippen molar-refractivity contribution in [1.29, 1.82) is 0 Å². The Morgan fingerprint density at radius 2 is 1.43 bits per heavy atom. The predicted molar refractivity (Wildman–Crippen MR) is 93.9 cm³/mol. The van der Waals surface area contributed by atoms with E-state index in [1.54, 1.807) is 0 Å². The van der Waals surface area contributed by atoms with Crippen LogP contribution in [0.1, 0.15) is 51.3 Å². The maximum Gasteiger partial charge on any atom is -0.0129 e. The normalized spacial score (nSPS) is 12.0. The molecule has 0 fully saturated rings. The molecule has 0 bridgehead atoms. The Hall–Kier alpha value is -1.56. The van der Waals surface area contributed by atoms with Gasteiger partial charge in [0, 0.05) is 0 Å². The lowest BCUT2D eigenvalue weighted by molar-refractivity contribution is 0.586. The van der Waals surface area contributed by atoms with Gasteiger partial charge in [-0.05, 0) is 52.5 Å². The molecule has 0 unspecified atom stereocenters. The van der Waals surface area contributed by atoms with Crippen molar-refractivity contribution < 1.29 is 0 Å². The molecule has 112 valence electrons. The van der Waals surface area contributed by atoms with E-state index in [1.807, 2.05) is 0 Å². The van der Waals surface area contributed by atoms with Crippen LogP contribution in [0.5, 0.6) is 0 Å². The summed E-state index contributed by atoms with van der Waals surface area (Å²) in [5, 5.41) is 0. The summed E-state index contributed by atoms with van der Waals surface area (Å²) in [6.07, 6.45) is 1.16. The van der Waals surface area contributed by atoms with Gasteiger partial charge in [0.2, 0.25) is 0 Å². The molecular weight excluding hydrogens is 252 g/mol. The number of benzene rings is 2. The van der Waals surface area contributed by atoms with E-state index in [0.717, 1.165) is 6.42 Å². The minimum atomic E-state index is 0.212. The summed E-state index contributed by atoms with van der Waals surface area (Å²) in [4.78, 5) is 0. The third-order valence-electron chi connectivity index (χ3n) is 3.97. The molecule has 2 aromatic carbocycles. The summed E-state index contributed by atoms with van der Waals surface area (Å²) in [5.74, 6) is 0.712. The van der Waals surface area contributed by atoms with E-state index in [4.69, 9.17) is 0 Å². The third-order valence-corrected chi connectivity index (χ3v) is 3.97. The van der Waals surface area contributed by atoms with E-state index in [0.29, 0.717) is 5.92 Å². The highest BCUT2D eigenvalue weighted by Gasteiger charge is 2.16. The van der Waals surface area contributed by atoms with Gasteiger partial charge in [0.15, 0.2) is 0 Å². The van der Waals surface area contributed by atoms with Gasteiger partial charge in [0.05, 0.1) is 0 Å². The van der Waals surface area contributed by atoms with Crippen LogP contribution in [0.2, 0.25) is 0 Å². The van der Waals surface area contributed by atoms with Gasteiger partial charge in [0.1, 0.15) is 0 Å². The molecule has 0 saturated carbocycles. The molecule has 2 aromatic rings. The lowest BCUT2D eigenvalue weighted by Crippen LogP contribution is -2.12. The molecule has 0 aliphatic carbocycles. The van der Waals surface area contributed by atoms with E-state index in [9.17, 15) is 0 Å². The van der Waals surface area contributed by atoms with Gasteiger partial charge in [-0.15, -0.1) is 0 Å². The van der Waals surface area contributed by atoms with Crippen LogP contribution in [-0.4, -0.2) is 0 Å². The minimum absolute atomic E-state index is 0.212. The van der Waals surface area contributed by atoms with Crippen molar-refractivity contribution in [1.82, 2.24) is 0 Å². The van der Waals surface area contributed by atoms with Crippen molar-refractivity contribution in [3.05, 3.63) is 59.2 Å². The fourth-order valence-corrected chi connectivity index (χ4v) is 2.99. The Morgan fingerprint density at radius 3 is 1.90 bits per heavy atom. The summed E-state index contributed by atoms with van der Waals surface area (Å²) in [6.45, 7) is 13.6. The quantitative estimate of drug-likeness (QED) is 0.631. The van der Waals surface area contributed by atoms with Crippen LogP contribution in [0.4, 0.5) is 0 Å². The second kappa shape index (κ2) is 6.05. The van der Waals surface area contributed by atoms with E-state index < -0.39 is 0 Å². The van der Waals surface area contributed by atoms with Crippen molar-refractivity contribution in [2.24, 2.45) is 5.92 Å². The molecule has 0 aliphatic heterocycles. The van der Waals surface area contributed by atoms with E-state index in [2.05, 4.69) is 84.0 Å². The lowest BCUT2D eigenvalue weighted by Gasteiger charge is -2.22. The number of hydrogen-bond donors (Lipinski definition) is 0. The number of hydrogen-bond acceptors (Lipinski definition) is 0. The zero-order chi connectivity index (χ0) is 15.6. The largest absolute Gasteiger partial charge is 0.0625 e. The van der Waals surface area contributed by atoms with Gasteiger partial charge in [-0.1, -0.05) is 77.1 Å². The average molecular weight is 280 g/mol. The zero-order valence-corrected chi connectivity index (χ0v) is 14.3. The first-order valence-electron chi connectivity index (χ1n) is 7.98. The van der Waals surface area contributed by atoms with Gasteiger partial charge in [0.25, 0.3) is 0 Å². The molecule has 0 spiro atoms. The molecule has 2 rings (SSSR count). The van der Waals surface area contributed by atoms with Crippen molar-refractivity contribution in [2.75, 3.05) is 0 Å². The molecule has 0 aromatic heterocycles. The van der Waals surface area contributed by atoms with Crippen LogP contribution in [-0.2, 0) is 11.8 Å². The highest BCUT2D eigenvalue weighted by Crippen LogP contribution is 2.29. The van der Waals surface area contributed by atoms with Crippen molar-refractivity contribution in [3.8, 4) is 11.1 Å². The van der Waals surface area contributed by atoms with Crippen LogP contribution in [0.15, 0.2) is 42.5 Å². The molecule has 0 radical (unpaired) electrons. The van der Waals surface area contributed by atoms with E-state index >= 15 is 0 Å². The van der Waals surface area contributed by atoms with Gasteiger partial charge in [-0.3, -0.25) is 0 Å². The second-order valence-electron chi connectivity index (χ2n) is 7.57. The topological polar surface area (TPSA) is 0 Å². The Bertz CT molecular complexity index is 595. The molecule has 0 amide bonds. The van der Waals surface area contributed by atoms with Crippen LogP contribution in [0.25, 0.3) is 11.1 Å². The first kappa shape index (κ1) is 15.8. The average Bonchev–Trinajstić information content (AvgIpc) is 2.37. The molecule has 0 heteroatoms. The van der Waals surface area contributed by atoms with Crippen LogP contribution >= 0.6 is 0 Å². The molecule has 21 heavy (non-hydrogen) atoms. The van der Waals surface area contributed by atoms with Gasteiger partial charge < -0.3 is 0 Å². The number of rotatable bonds is 3.